The van der Waals surface area contributed by atoms with Crippen LogP contribution in [0.4, 0.5) is 4.39 Å². The monoisotopic (exact) mass is 405 g/mol. The van der Waals surface area contributed by atoms with Gasteiger partial charge in [-0.15, -0.1) is 0 Å². The fourth-order valence-corrected chi connectivity index (χ4v) is 5.48. The highest BCUT2D eigenvalue weighted by atomic mass is 32.2. The third-order valence-electron chi connectivity index (χ3n) is 5.31. The number of rotatable bonds is 7. The number of halogens is 1. The number of hydrogen-bond acceptors (Lipinski definition) is 3. The molecule has 1 aliphatic rings. The molecule has 0 aliphatic carbocycles. The van der Waals surface area contributed by atoms with Gasteiger partial charge in [-0.2, -0.15) is 17.0 Å². The van der Waals surface area contributed by atoms with Crippen molar-refractivity contribution in [3.8, 4) is 0 Å². The number of piperidine rings is 1. The van der Waals surface area contributed by atoms with Crippen LogP contribution in [0.2, 0.25) is 0 Å². The lowest BCUT2D eigenvalue weighted by atomic mass is 9.95. The summed E-state index contributed by atoms with van der Waals surface area (Å²) in [6, 6.07) is 10.6. The molecule has 0 radical (unpaired) electrons. The molecule has 1 aromatic carbocycles. The summed E-state index contributed by atoms with van der Waals surface area (Å²) < 4.78 is 42.1. The van der Waals surface area contributed by atoms with E-state index in [0.717, 1.165) is 29.7 Å². The van der Waals surface area contributed by atoms with Gasteiger partial charge in [0.25, 0.3) is 10.2 Å². The Balaban J connectivity index is 1.69. The van der Waals surface area contributed by atoms with Crippen molar-refractivity contribution in [2.45, 2.75) is 39.0 Å². The fraction of sp³-hybridized carbons (Fsp3) is 0.476. The van der Waals surface area contributed by atoms with Gasteiger partial charge in [0.2, 0.25) is 0 Å². The maximum absolute atomic E-state index is 13.3. The molecule has 152 valence electrons. The maximum atomic E-state index is 13.3. The van der Waals surface area contributed by atoms with Gasteiger partial charge in [-0.1, -0.05) is 32.0 Å². The van der Waals surface area contributed by atoms with E-state index in [9.17, 15) is 12.8 Å². The Morgan fingerprint density at radius 3 is 2.61 bits per heavy atom. The maximum Gasteiger partial charge on any atom is 0.281 e. The van der Waals surface area contributed by atoms with Crippen LogP contribution >= 0.6 is 0 Å². The van der Waals surface area contributed by atoms with E-state index in [4.69, 9.17) is 0 Å². The predicted octanol–water partition coefficient (Wildman–Crippen LogP) is 3.58. The van der Waals surface area contributed by atoms with Gasteiger partial charge in [0.05, 0.1) is 0 Å². The Morgan fingerprint density at radius 2 is 1.96 bits per heavy atom. The highest BCUT2D eigenvalue weighted by molar-refractivity contribution is 7.86. The first-order valence-corrected chi connectivity index (χ1v) is 11.3. The second-order valence-electron chi connectivity index (χ2n) is 7.19. The van der Waals surface area contributed by atoms with Gasteiger partial charge in [-0.25, -0.2) is 4.39 Å². The minimum atomic E-state index is -3.41. The van der Waals surface area contributed by atoms with E-state index in [1.807, 2.05) is 38.2 Å². The molecule has 0 N–H and O–H groups in total. The van der Waals surface area contributed by atoms with Crippen molar-refractivity contribution in [3.63, 3.8) is 0 Å². The molecule has 3 rings (SSSR count). The Morgan fingerprint density at radius 1 is 1.18 bits per heavy atom. The van der Waals surface area contributed by atoms with E-state index >= 15 is 0 Å². The van der Waals surface area contributed by atoms with Crippen molar-refractivity contribution in [2.24, 2.45) is 0 Å². The average Bonchev–Trinajstić information content (AvgIpc) is 2.69. The van der Waals surface area contributed by atoms with Crippen LogP contribution in [0.5, 0.6) is 0 Å². The standard InChI is InChI=1S/C21H28FN3O2S/c1-3-24(4-2)28(26,27)25-12-6-8-19(16-25)21-11-10-18(15-23-21)13-17-7-5-9-20(22)14-17/h5,7,9-11,14-15,19H,3-4,6,8,12-13,16H2,1-2H3/t19-/m0/s1. The van der Waals surface area contributed by atoms with Gasteiger partial charge in [-0.05, 0) is 48.6 Å². The van der Waals surface area contributed by atoms with Crippen LogP contribution in [-0.4, -0.2) is 48.2 Å². The van der Waals surface area contributed by atoms with Crippen LogP contribution < -0.4 is 0 Å². The first-order valence-electron chi connectivity index (χ1n) is 9.88. The molecular formula is C21H28FN3O2S. The van der Waals surface area contributed by atoms with E-state index in [-0.39, 0.29) is 11.7 Å². The lowest BCUT2D eigenvalue weighted by Gasteiger charge is -2.34. The summed E-state index contributed by atoms with van der Waals surface area (Å²) in [5, 5.41) is 0. The summed E-state index contributed by atoms with van der Waals surface area (Å²) in [4.78, 5) is 4.59. The molecule has 1 saturated heterocycles. The van der Waals surface area contributed by atoms with Gasteiger partial charge in [-0.3, -0.25) is 4.98 Å². The Bertz CT molecular complexity index is 883. The molecule has 2 aromatic rings. The first kappa shape index (κ1) is 20.9. The molecule has 1 fully saturated rings. The molecule has 2 heterocycles. The normalized spacial score (nSPS) is 18.5. The topological polar surface area (TPSA) is 53.5 Å². The SMILES string of the molecule is CCN(CC)S(=O)(=O)N1CCC[C@H](c2ccc(Cc3cccc(F)c3)cn2)C1. The van der Waals surface area contributed by atoms with Crippen molar-refractivity contribution in [2.75, 3.05) is 26.2 Å². The Labute approximate surface area is 167 Å². The molecule has 1 aromatic heterocycles. The number of nitrogens with zero attached hydrogens (tertiary/aromatic N) is 3. The van der Waals surface area contributed by atoms with E-state index in [0.29, 0.717) is 32.6 Å². The molecule has 7 heteroatoms. The lowest BCUT2D eigenvalue weighted by Crippen LogP contribution is -2.47. The summed E-state index contributed by atoms with van der Waals surface area (Å²) in [5.41, 5.74) is 2.84. The van der Waals surface area contributed by atoms with E-state index in [1.165, 1.54) is 16.4 Å². The van der Waals surface area contributed by atoms with Crippen molar-refractivity contribution in [1.82, 2.24) is 13.6 Å². The number of aromatic nitrogens is 1. The van der Waals surface area contributed by atoms with Crippen molar-refractivity contribution in [1.29, 1.82) is 0 Å². The summed E-state index contributed by atoms with van der Waals surface area (Å²) in [6.45, 7) is 5.71. The number of benzene rings is 1. The van der Waals surface area contributed by atoms with E-state index in [1.54, 1.807) is 10.4 Å². The summed E-state index contributed by atoms with van der Waals surface area (Å²) in [6.07, 6.45) is 4.20. The molecule has 1 atom stereocenters. The molecule has 0 spiro atoms. The highest BCUT2D eigenvalue weighted by Crippen LogP contribution is 2.28. The summed E-state index contributed by atoms with van der Waals surface area (Å²) >= 11 is 0. The fourth-order valence-electron chi connectivity index (χ4n) is 3.77. The summed E-state index contributed by atoms with van der Waals surface area (Å²) in [7, 11) is -3.41. The first-order chi connectivity index (χ1) is 13.4. The largest absolute Gasteiger partial charge is 0.281 e. The van der Waals surface area contributed by atoms with Crippen LogP contribution in [0.15, 0.2) is 42.6 Å². The molecule has 0 bridgehead atoms. The van der Waals surface area contributed by atoms with Crippen LogP contribution in [-0.2, 0) is 16.6 Å². The van der Waals surface area contributed by atoms with Gasteiger partial charge in [0.1, 0.15) is 5.82 Å². The lowest BCUT2D eigenvalue weighted by molar-refractivity contribution is 0.285. The van der Waals surface area contributed by atoms with Crippen molar-refractivity contribution < 1.29 is 12.8 Å². The third kappa shape index (κ3) is 4.77. The van der Waals surface area contributed by atoms with Gasteiger partial charge >= 0.3 is 0 Å². The second-order valence-corrected chi connectivity index (χ2v) is 9.12. The molecule has 0 amide bonds. The number of hydrogen-bond donors (Lipinski definition) is 0. The van der Waals surface area contributed by atoms with E-state index < -0.39 is 10.2 Å². The third-order valence-corrected chi connectivity index (χ3v) is 7.46. The Kier molecular flexibility index (Phi) is 6.80. The number of pyridine rings is 1. The van der Waals surface area contributed by atoms with Crippen molar-refractivity contribution >= 4 is 10.2 Å². The van der Waals surface area contributed by atoms with Crippen LogP contribution in [0.25, 0.3) is 0 Å². The average molecular weight is 406 g/mol. The van der Waals surface area contributed by atoms with Gasteiger partial charge in [0.15, 0.2) is 0 Å². The molecule has 28 heavy (non-hydrogen) atoms. The molecular weight excluding hydrogens is 377 g/mol. The quantitative estimate of drug-likeness (QED) is 0.708. The zero-order chi connectivity index (χ0) is 20.1. The predicted molar refractivity (Wildman–Crippen MR) is 109 cm³/mol. The zero-order valence-electron chi connectivity index (χ0n) is 16.5. The van der Waals surface area contributed by atoms with Crippen LogP contribution in [0, 0.1) is 5.82 Å². The molecule has 0 unspecified atom stereocenters. The molecule has 5 nitrogen and oxygen atoms in total. The summed E-state index contributed by atoms with van der Waals surface area (Å²) in [5.74, 6) is -0.138. The zero-order valence-corrected chi connectivity index (χ0v) is 17.3. The minimum absolute atomic E-state index is 0.0994. The smallest absolute Gasteiger partial charge is 0.261 e. The molecule has 1 aliphatic heterocycles. The highest BCUT2D eigenvalue weighted by Gasteiger charge is 2.33. The van der Waals surface area contributed by atoms with Crippen molar-refractivity contribution in [3.05, 3.63) is 65.2 Å². The minimum Gasteiger partial charge on any atom is -0.261 e. The van der Waals surface area contributed by atoms with Gasteiger partial charge in [0, 0.05) is 44.0 Å². The van der Waals surface area contributed by atoms with Crippen LogP contribution in [0.1, 0.15) is 49.4 Å². The van der Waals surface area contributed by atoms with Crippen LogP contribution in [0.3, 0.4) is 0 Å². The van der Waals surface area contributed by atoms with Gasteiger partial charge < -0.3 is 0 Å². The molecule has 0 saturated carbocycles. The van der Waals surface area contributed by atoms with E-state index in [2.05, 4.69) is 4.98 Å². The second kappa shape index (κ2) is 9.11. The Hall–Kier alpha value is -1.83.